The van der Waals surface area contributed by atoms with Gasteiger partial charge in [-0.1, -0.05) is 44.2 Å². The van der Waals surface area contributed by atoms with Gasteiger partial charge in [-0.2, -0.15) is 0 Å². The van der Waals surface area contributed by atoms with Crippen LogP contribution in [0.5, 0.6) is 0 Å². The van der Waals surface area contributed by atoms with Crippen LogP contribution in [0, 0.1) is 5.92 Å². The molecule has 0 radical (unpaired) electrons. The minimum absolute atomic E-state index is 0.0218. The molecule has 1 aromatic rings. The molecule has 0 spiro atoms. The van der Waals surface area contributed by atoms with E-state index in [1.165, 1.54) is 5.56 Å². The third-order valence-electron chi connectivity index (χ3n) is 3.69. The second kappa shape index (κ2) is 7.22. The number of carbonyl (C=O) groups is 2. The van der Waals surface area contributed by atoms with E-state index in [-0.39, 0.29) is 30.9 Å². The molecule has 1 saturated heterocycles. The van der Waals surface area contributed by atoms with Gasteiger partial charge in [0.15, 0.2) is 0 Å². The van der Waals surface area contributed by atoms with Crippen molar-refractivity contribution in [2.75, 3.05) is 26.2 Å². The highest BCUT2D eigenvalue weighted by molar-refractivity contribution is 5.86. The predicted octanol–water partition coefficient (Wildman–Crippen LogP) is 0.932. The second-order valence-electron chi connectivity index (χ2n) is 5.68. The maximum absolute atomic E-state index is 12.2. The zero-order chi connectivity index (χ0) is 15.2. The lowest BCUT2D eigenvalue weighted by molar-refractivity contribution is -0.137. The Morgan fingerprint density at radius 1 is 1.33 bits per heavy atom. The number of amides is 2. The van der Waals surface area contributed by atoms with Crippen molar-refractivity contribution in [1.82, 2.24) is 15.5 Å². The Labute approximate surface area is 125 Å². The molecule has 114 valence electrons. The van der Waals surface area contributed by atoms with Crippen LogP contribution < -0.4 is 10.6 Å². The molecule has 1 aliphatic heterocycles. The lowest BCUT2D eigenvalue weighted by Crippen LogP contribution is -2.52. The van der Waals surface area contributed by atoms with Crippen molar-refractivity contribution >= 4 is 11.8 Å². The van der Waals surface area contributed by atoms with Crippen molar-refractivity contribution in [2.45, 2.75) is 19.9 Å². The van der Waals surface area contributed by atoms with Crippen LogP contribution in [-0.2, 0) is 9.59 Å². The quantitative estimate of drug-likeness (QED) is 0.848. The standard InChI is InChI=1S/C16H23N3O2/c1-12(2)16(13-6-4-3-5-7-13)18-10-15(21)19-9-8-17-14(20)11-19/h3-7,12,16,18H,8-11H2,1-2H3,(H,17,20)/t16-/m0/s1. The fraction of sp³-hybridized carbons (Fsp3) is 0.500. The number of hydrogen-bond acceptors (Lipinski definition) is 3. The molecule has 0 unspecified atom stereocenters. The van der Waals surface area contributed by atoms with Crippen LogP contribution in [0.4, 0.5) is 0 Å². The minimum Gasteiger partial charge on any atom is -0.353 e. The van der Waals surface area contributed by atoms with E-state index in [1.807, 2.05) is 18.2 Å². The van der Waals surface area contributed by atoms with E-state index in [1.54, 1.807) is 4.90 Å². The van der Waals surface area contributed by atoms with Crippen LogP contribution in [0.3, 0.4) is 0 Å². The summed E-state index contributed by atoms with van der Waals surface area (Å²) in [6.07, 6.45) is 0. The van der Waals surface area contributed by atoms with E-state index < -0.39 is 0 Å². The van der Waals surface area contributed by atoms with Gasteiger partial charge >= 0.3 is 0 Å². The molecule has 21 heavy (non-hydrogen) atoms. The summed E-state index contributed by atoms with van der Waals surface area (Å²) in [6.45, 7) is 5.80. The number of rotatable bonds is 5. The van der Waals surface area contributed by atoms with Crippen LogP contribution in [-0.4, -0.2) is 42.9 Å². The molecule has 0 aromatic heterocycles. The first-order chi connectivity index (χ1) is 10.1. The fourth-order valence-electron chi connectivity index (χ4n) is 2.56. The normalized spacial score (nSPS) is 16.7. The molecule has 1 aromatic carbocycles. The van der Waals surface area contributed by atoms with Crippen molar-refractivity contribution in [2.24, 2.45) is 5.92 Å². The second-order valence-corrected chi connectivity index (χ2v) is 5.68. The molecule has 0 aliphatic carbocycles. The van der Waals surface area contributed by atoms with Crippen molar-refractivity contribution in [3.8, 4) is 0 Å². The Bertz CT molecular complexity index is 488. The first kappa shape index (κ1) is 15.5. The van der Waals surface area contributed by atoms with Gasteiger partial charge in [0.2, 0.25) is 11.8 Å². The maximum Gasteiger partial charge on any atom is 0.239 e. The lowest BCUT2D eigenvalue weighted by Gasteiger charge is -2.28. The van der Waals surface area contributed by atoms with Gasteiger partial charge in [-0.15, -0.1) is 0 Å². The van der Waals surface area contributed by atoms with Crippen molar-refractivity contribution in [1.29, 1.82) is 0 Å². The molecule has 0 bridgehead atoms. The zero-order valence-electron chi connectivity index (χ0n) is 12.6. The highest BCUT2D eigenvalue weighted by atomic mass is 16.2. The minimum atomic E-state index is -0.0851. The van der Waals surface area contributed by atoms with Crippen LogP contribution >= 0.6 is 0 Å². The summed E-state index contributed by atoms with van der Waals surface area (Å²) >= 11 is 0. The van der Waals surface area contributed by atoms with E-state index in [4.69, 9.17) is 0 Å². The number of carbonyl (C=O) groups excluding carboxylic acids is 2. The van der Waals surface area contributed by atoms with Crippen molar-refractivity contribution in [3.05, 3.63) is 35.9 Å². The van der Waals surface area contributed by atoms with Crippen molar-refractivity contribution < 1.29 is 9.59 Å². The summed E-state index contributed by atoms with van der Waals surface area (Å²) in [4.78, 5) is 25.1. The van der Waals surface area contributed by atoms with E-state index >= 15 is 0 Å². The Morgan fingerprint density at radius 2 is 2.05 bits per heavy atom. The SMILES string of the molecule is CC(C)[C@H](NCC(=O)N1CCNC(=O)C1)c1ccccc1. The third-order valence-corrected chi connectivity index (χ3v) is 3.69. The van der Waals surface area contributed by atoms with Gasteiger partial charge in [-0.05, 0) is 11.5 Å². The average molecular weight is 289 g/mol. The largest absolute Gasteiger partial charge is 0.353 e. The van der Waals surface area contributed by atoms with Gasteiger partial charge < -0.3 is 15.5 Å². The highest BCUT2D eigenvalue weighted by Crippen LogP contribution is 2.20. The molecule has 0 saturated carbocycles. The molecule has 5 heteroatoms. The monoisotopic (exact) mass is 289 g/mol. The number of piperazine rings is 1. The van der Waals surface area contributed by atoms with Gasteiger partial charge in [0.1, 0.15) is 0 Å². The van der Waals surface area contributed by atoms with E-state index in [2.05, 4.69) is 36.6 Å². The number of benzene rings is 1. The molecule has 1 atom stereocenters. The average Bonchev–Trinajstić information content (AvgIpc) is 2.48. The van der Waals surface area contributed by atoms with Gasteiger partial charge in [-0.3, -0.25) is 9.59 Å². The molecule has 2 rings (SSSR count). The van der Waals surface area contributed by atoms with Gasteiger partial charge in [0, 0.05) is 19.1 Å². The molecule has 1 fully saturated rings. The molecule has 5 nitrogen and oxygen atoms in total. The molecule has 2 N–H and O–H groups in total. The van der Waals surface area contributed by atoms with E-state index in [9.17, 15) is 9.59 Å². The Morgan fingerprint density at radius 3 is 2.67 bits per heavy atom. The summed E-state index contributed by atoms with van der Waals surface area (Å²) in [5.74, 6) is 0.273. The summed E-state index contributed by atoms with van der Waals surface area (Å²) in [5, 5.41) is 6.05. The Kier molecular flexibility index (Phi) is 5.33. The first-order valence-electron chi connectivity index (χ1n) is 7.40. The van der Waals surface area contributed by atoms with Crippen molar-refractivity contribution in [3.63, 3.8) is 0 Å². The first-order valence-corrected chi connectivity index (χ1v) is 7.40. The van der Waals surface area contributed by atoms with E-state index in [0.29, 0.717) is 19.0 Å². The summed E-state index contributed by atoms with van der Waals surface area (Å²) in [5.41, 5.74) is 1.18. The molecule has 1 aliphatic rings. The molecule has 2 amide bonds. The maximum atomic E-state index is 12.2. The third kappa shape index (κ3) is 4.29. The van der Waals surface area contributed by atoms with Crippen LogP contribution in [0.25, 0.3) is 0 Å². The molecular formula is C16H23N3O2. The Balaban J connectivity index is 1.93. The predicted molar refractivity (Wildman–Crippen MR) is 81.6 cm³/mol. The van der Waals surface area contributed by atoms with Gasteiger partial charge in [-0.25, -0.2) is 0 Å². The number of hydrogen-bond donors (Lipinski definition) is 2. The van der Waals surface area contributed by atoms with Crippen LogP contribution in [0.1, 0.15) is 25.5 Å². The number of nitrogens with zero attached hydrogens (tertiary/aromatic N) is 1. The fourth-order valence-corrected chi connectivity index (χ4v) is 2.56. The molecular weight excluding hydrogens is 266 g/mol. The summed E-state index contributed by atoms with van der Waals surface area (Å²) in [7, 11) is 0. The Hall–Kier alpha value is -1.88. The lowest BCUT2D eigenvalue weighted by atomic mass is 9.96. The van der Waals surface area contributed by atoms with Gasteiger partial charge in [0.05, 0.1) is 13.1 Å². The topological polar surface area (TPSA) is 61.4 Å². The summed E-state index contributed by atoms with van der Waals surface area (Å²) < 4.78 is 0. The number of nitrogens with one attached hydrogen (secondary N) is 2. The smallest absolute Gasteiger partial charge is 0.239 e. The zero-order valence-corrected chi connectivity index (χ0v) is 12.6. The van der Waals surface area contributed by atoms with Gasteiger partial charge in [0.25, 0.3) is 0 Å². The van der Waals surface area contributed by atoms with Crippen LogP contribution in [0.2, 0.25) is 0 Å². The highest BCUT2D eigenvalue weighted by Gasteiger charge is 2.22. The summed E-state index contributed by atoms with van der Waals surface area (Å²) in [6, 6.07) is 10.3. The van der Waals surface area contributed by atoms with E-state index in [0.717, 1.165) is 0 Å². The molecule has 1 heterocycles. The van der Waals surface area contributed by atoms with Crippen LogP contribution in [0.15, 0.2) is 30.3 Å².